The van der Waals surface area contributed by atoms with Crippen LogP contribution in [0.4, 0.5) is 0 Å². The molecule has 1 heterocycles. The molecule has 0 aliphatic heterocycles. The monoisotopic (exact) mass is 253 g/mol. The summed E-state index contributed by atoms with van der Waals surface area (Å²) in [5.74, 6) is 1.09. The van der Waals surface area contributed by atoms with E-state index in [-0.39, 0.29) is 5.41 Å². The van der Waals surface area contributed by atoms with E-state index in [1.807, 2.05) is 19.3 Å². The molecular formula is C13H23N3S. The third-order valence-electron chi connectivity index (χ3n) is 2.79. The van der Waals surface area contributed by atoms with Crippen LogP contribution in [0.2, 0.25) is 0 Å². The first kappa shape index (κ1) is 14.5. The predicted octanol–water partition coefficient (Wildman–Crippen LogP) is 3.03. The molecule has 0 spiro atoms. The van der Waals surface area contributed by atoms with Gasteiger partial charge in [-0.25, -0.2) is 9.97 Å². The second-order valence-electron chi connectivity index (χ2n) is 5.22. The maximum atomic E-state index is 5.70. The Bertz CT molecular complexity index is 322. The number of nitrogens with two attached hydrogens (primary N) is 1. The second kappa shape index (κ2) is 6.97. The molecule has 0 amide bonds. The summed E-state index contributed by atoms with van der Waals surface area (Å²) in [6, 6.07) is 0. The summed E-state index contributed by atoms with van der Waals surface area (Å²) >= 11 is 1.73. The van der Waals surface area contributed by atoms with Gasteiger partial charge >= 0.3 is 0 Å². The lowest BCUT2D eigenvalue weighted by atomic mass is 9.88. The molecule has 17 heavy (non-hydrogen) atoms. The zero-order valence-corrected chi connectivity index (χ0v) is 11.9. The number of hydrogen-bond acceptors (Lipinski definition) is 4. The Morgan fingerprint density at radius 2 is 1.88 bits per heavy atom. The summed E-state index contributed by atoms with van der Waals surface area (Å²) in [4.78, 5) is 8.55. The third-order valence-corrected chi connectivity index (χ3v) is 3.75. The Labute approximate surface area is 109 Å². The average Bonchev–Trinajstić information content (AvgIpc) is 2.31. The first-order valence-electron chi connectivity index (χ1n) is 6.15. The van der Waals surface area contributed by atoms with Crippen molar-refractivity contribution in [2.24, 2.45) is 11.1 Å². The Morgan fingerprint density at radius 1 is 1.24 bits per heavy atom. The molecule has 0 aromatic carbocycles. The van der Waals surface area contributed by atoms with Crippen LogP contribution < -0.4 is 5.73 Å². The molecule has 0 unspecified atom stereocenters. The van der Waals surface area contributed by atoms with Crippen molar-refractivity contribution in [2.75, 3.05) is 12.3 Å². The van der Waals surface area contributed by atoms with Gasteiger partial charge in [-0.3, -0.25) is 0 Å². The van der Waals surface area contributed by atoms with Crippen molar-refractivity contribution < 1.29 is 0 Å². The van der Waals surface area contributed by atoms with Gasteiger partial charge in [0.1, 0.15) is 0 Å². The maximum Gasteiger partial charge on any atom is 0.187 e. The van der Waals surface area contributed by atoms with Crippen LogP contribution in [-0.2, 0) is 0 Å². The van der Waals surface area contributed by atoms with E-state index in [1.54, 1.807) is 11.8 Å². The van der Waals surface area contributed by atoms with Crippen LogP contribution in [0.15, 0.2) is 17.6 Å². The minimum atomic E-state index is 0.283. The molecular weight excluding hydrogens is 230 g/mol. The summed E-state index contributed by atoms with van der Waals surface area (Å²) < 4.78 is 0. The highest BCUT2D eigenvalue weighted by Gasteiger charge is 2.14. The van der Waals surface area contributed by atoms with Crippen LogP contribution >= 0.6 is 11.8 Å². The molecule has 0 bridgehead atoms. The van der Waals surface area contributed by atoms with Crippen molar-refractivity contribution in [3.05, 3.63) is 18.0 Å². The summed E-state index contributed by atoms with van der Waals surface area (Å²) in [5.41, 5.74) is 7.09. The van der Waals surface area contributed by atoms with E-state index in [0.717, 1.165) is 23.0 Å². The number of nitrogens with zero attached hydrogens (tertiary/aromatic N) is 2. The molecule has 96 valence electrons. The SMILES string of the molecule is Cc1cnc(SCCCCC(C)(C)CN)nc1. The van der Waals surface area contributed by atoms with Crippen molar-refractivity contribution >= 4 is 11.8 Å². The van der Waals surface area contributed by atoms with Gasteiger partial charge in [-0.1, -0.05) is 32.0 Å². The fourth-order valence-corrected chi connectivity index (χ4v) is 2.21. The highest BCUT2D eigenvalue weighted by atomic mass is 32.2. The first-order valence-corrected chi connectivity index (χ1v) is 7.13. The molecule has 4 heteroatoms. The average molecular weight is 253 g/mol. The Balaban J connectivity index is 2.14. The predicted molar refractivity (Wildman–Crippen MR) is 74.2 cm³/mol. The standard InChI is InChI=1S/C13H23N3S/c1-11-8-15-12(16-9-11)17-7-5-4-6-13(2,3)10-14/h8-9H,4-7,10,14H2,1-3H3. The lowest BCUT2D eigenvalue weighted by Crippen LogP contribution is -2.23. The molecule has 0 radical (unpaired) electrons. The topological polar surface area (TPSA) is 51.8 Å². The van der Waals surface area contributed by atoms with Gasteiger partial charge in [-0.15, -0.1) is 0 Å². The zero-order valence-electron chi connectivity index (χ0n) is 11.1. The van der Waals surface area contributed by atoms with Crippen molar-refractivity contribution in [1.29, 1.82) is 0 Å². The summed E-state index contributed by atoms with van der Waals surface area (Å²) in [6.07, 6.45) is 7.35. The van der Waals surface area contributed by atoms with E-state index in [1.165, 1.54) is 19.3 Å². The van der Waals surface area contributed by atoms with E-state index in [0.29, 0.717) is 0 Å². The van der Waals surface area contributed by atoms with E-state index >= 15 is 0 Å². The number of aryl methyl sites for hydroxylation is 1. The van der Waals surface area contributed by atoms with Crippen molar-refractivity contribution in [3.63, 3.8) is 0 Å². The van der Waals surface area contributed by atoms with Gasteiger partial charge < -0.3 is 5.73 Å². The van der Waals surface area contributed by atoms with Crippen LogP contribution in [0.25, 0.3) is 0 Å². The normalized spacial score (nSPS) is 11.8. The largest absolute Gasteiger partial charge is 0.330 e. The zero-order chi connectivity index (χ0) is 12.7. The lowest BCUT2D eigenvalue weighted by molar-refractivity contribution is 0.336. The van der Waals surface area contributed by atoms with E-state index in [4.69, 9.17) is 5.73 Å². The van der Waals surface area contributed by atoms with Gasteiger partial charge in [-0.2, -0.15) is 0 Å². The van der Waals surface area contributed by atoms with E-state index in [2.05, 4.69) is 23.8 Å². The highest BCUT2D eigenvalue weighted by Crippen LogP contribution is 2.22. The van der Waals surface area contributed by atoms with Gasteiger partial charge in [0.15, 0.2) is 5.16 Å². The van der Waals surface area contributed by atoms with E-state index in [9.17, 15) is 0 Å². The minimum Gasteiger partial charge on any atom is -0.330 e. The Morgan fingerprint density at radius 3 is 2.47 bits per heavy atom. The number of unbranched alkanes of at least 4 members (excludes halogenated alkanes) is 1. The van der Waals surface area contributed by atoms with E-state index < -0.39 is 0 Å². The van der Waals surface area contributed by atoms with Crippen LogP contribution in [0.1, 0.15) is 38.7 Å². The molecule has 0 fully saturated rings. The van der Waals surface area contributed by atoms with Gasteiger partial charge in [0, 0.05) is 18.1 Å². The summed E-state index contributed by atoms with van der Waals surface area (Å²) in [6.45, 7) is 7.22. The van der Waals surface area contributed by atoms with Gasteiger partial charge in [-0.05, 0) is 37.3 Å². The molecule has 0 aliphatic rings. The maximum absolute atomic E-state index is 5.70. The van der Waals surface area contributed by atoms with Gasteiger partial charge in [0.25, 0.3) is 0 Å². The minimum absolute atomic E-state index is 0.283. The molecule has 3 nitrogen and oxygen atoms in total. The van der Waals surface area contributed by atoms with Crippen molar-refractivity contribution in [3.8, 4) is 0 Å². The Hall–Kier alpha value is -0.610. The molecule has 0 aliphatic carbocycles. The van der Waals surface area contributed by atoms with Crippen LogP contribution in [0, 0.1) is 12.3 Å². The number of thioether (sulfide) groups is 1. The number of hydrogen-bond donors (Lipinski definition) is 1. The van der Waals surface area contributed by atoms with Gasteiger partial charge in [0.2, 0.25) is 0 Å². The van der Waals surface area contributed by atoms with Crippen molar-refractivity contribution in [1.82, 2.24) is 9.97 Å². The molecule has 0 saturated carbocycles. The molecule has 1 aromatic rings. The number of rotatable bonds is 7. The molecule has 0 atom stereocenters. The van der Waals surface area contributed by atoms with Crippen LogP contribution in [-0.4, -0.2) is 22.3 Å². The smallest absolute Gasteiger partial charge is 0.187 e. The summed E-state index contributed by atoms with van der Waals surface area (Å²) in [5, 5.41) is 0.883. The summed E-state index contributed by atoms with van der Waals surface area (Å²) in [7, 11) is 0. The third kappa shape index (κ3) is 6.03. The molecule has 0 saturated heterocycles. The first-order chi connectivity index (χ1) is 8.03. The van der Waals surface area contributed by atoms with Crippen LogP contribution in [0.3, 0.4) is 0 Å². The fraction of sp³-hybridized carbons (Fsp3) is 0.692. The lowest BCUT2D eigenvalue weighted by Gasteiger charge is -2.21. The number of aromatic nitrogens is 2. The van der Waals surface area contributed by atoms with Crippen molar-refractivity contribution in [2.45, 2.75) is 45.2 Å². The molecule has 1 aromatic heterocycles. The fourth-order valence-electron chi connectivity index (χ4n) is 1.43. The molecule has 1 rings (SSSR count). The van der Waals surface area contributed by atoms with Crippen LogP contribution in [0.5, 0.6) is 0 Å². The second-order valence-corrected chi connectivity index (χ2v) is 6.28. The highest BCUT2D eigenvalue weighted by molar-refractivity contribution is 7.99. The van der Waals surface area contributed by atoms with Gasteiger partial charge in [0.05, 0.1) is 0 Å². The molecule has 2 N–H and O–H groups in total. The Kier molecular flexibility index (Phi) is 5.92. The quantitative estimate of drug-likeness (QED) is 0.461.